The Morgan fingerprint density at radius 3 is 2.70 bits per heavy atom. The van der Waals surface area contributed by atoms with Gasteiger partial charge in [-0.2, -0.15) is 10.2 Å². The van der Waals surface area contributed by atoms with E-state index in [0.29, 0.717) is 36.7 Å². The molecule has 1 unspecified atom stereocenters. The second-order valence-electron chi connectivity index (χ2n) is 8.92. The highest BCUT2D eigenvalue weighted by Crippen LogP contribution is 2.35. The molecule has 37 heavy (non-hydrogen) atoms. The number of anilines is 1. The van der Waals surface area contributed by atoms with E-state index in [9.17, 15) is 9.18 Å². The van der Waals surface area contributed by atoms with Crippen molar-refractivity contribution < 1.29 is 18.7 Å². The van der Waals surface area contributed by atoms with Crippen LogP contribution in [0.4, 0.5) is 15.0 Å². The van der Waals surface area contributed by atoms with Gasteiger partial charge in [0.2, 0.25) is 0 Å². The lowest BCUT2D eigenvalue weighted by molar-refractivity contribution is 0.0700. The highest BCUT2D eigenvalue weighted by atomic mass is 19.1. The summed E-state index contributed by atoms with van der Waals surface area (Å²) in [4.78, 5) is 22.7. The van der Waals surface area contributed by atoms with Crippen LogP contribution in [-0.2, 0) is 11.3 Å². The summed E-state index contributed by atoms with van der Waals surface area (Å²) < 4.78 is 25.0. The normalized spacial score (nSPS) is 15.4. The molecule has 1 atom stereocenters. The van der Waals surface area contributed by atoms with Crippen LogP contribution in [0, 0.1) is 12.7 Å². The zero-order valence-electron chi connectivity index (χ0n) is 20.6. The van der Waals surface area contributed by atoms with Gasteiger partial charge in [-0.3, -0.25) is 0 Å². The molecule has 1 saturated heterocycles. The van der Waals surface area contributed by atoms with E-state index < -0.39 is 0 Å². The van der Waals surface area contributed by atoms with Crippen molar-refractivity contribution in [1.29, 1.82) is 0 Å². The summed E-state index contributed by atoms with van der Waals surface area (Å²) in [6.07, 6.45) is 2.48. The average molecular weight is 503 g/mol. The number of carbonyl (C=O) groups excluding carboxylic acids is 1. The second kappa shape index (κ2) is 10.7. The molecule has 0 aliphatic carbocycles. The number of amides is 1. The van der Waals surface area contributed by atoms with Crippen LogP contribution in [0.1, 0.15) is 24.2 Å². The Morgan fingerprint density at radius 1 is 1.11 bits per heavy atom. The summed E-state index contributed by atoms with van der Waals surface area (Å²) in [6, 6.07) is 14.0. The van der Waals surface area contributed by atoms with Crippen LogP contribution in [0.2, 0.25) is 0 Å². The number of aryl methyl sites for hydroxylation is 1. The van der Waals surface area contributed by atoms with Crippen molar-refractivity contribution >= 4 is 22.8 Å². The molecule has 4 aromatic rings. The first-order valence-corrected chi connectivity index (χ1v) is 12.1. The molecule has 2 aromatic carbocycles. The van der Waals surface area contributed by atoms with Crippen molar-refractivity contribution in [2.75, 3.05) is 25.5 Å². The number of carbonyl (C=O) groups is 1. The molecule has 0 saturated carbocycles. The van der Waals surface area contributed by atoms with Gasteiger partial charge in [-0.05, 0) is 67.3 Å². The fourth-order valence-electron chi connectivity index (χ4n) is 4.38. The Balaban J connectivity index is 1.51. The predicted molar refractivity (Wildman–Crippen MR) is 137 cm³/mol. The van der Waals surface area contributed by atoms with Gasteiger partial charge in [0.1, 0.15) is 35.3 Å². The second-order valence-corrected chi connectivity index (χ2v) is 8.92. The van der Waals surface area contributed by atoms with Crippen LogP contribution in [0.25, 0.3) is 22.0 Å². The standard InChI is InChI=1S/C27H27FN6O3/c1-17-5-10-21(33-32-17)14-29-26-23-12-19(18-6-8-20(28)9-7-18)13-24(25(23)30-16-31-26)37-22-4-3-11-34(15-22)27(35)36-2/h5-10,12-13,16,22H,3-4,11,14-15H2,1-2H3,(H,29,30,31). The quantitative estimate of drug-likeness (QED) is 0.403. The van der Waals surface area contributed by atoms with Crippen molar-refractivity contribution in [3.05, 3.63) is 72.1 Å². The monoisotopic (exact) mass is 502 g/mol. The Morgan fingerprint density at radius 2 is 1.95 bits per heavy atom. The number of piperidine rings is 1. The summed E-state index contributed by atoms with van der Waals surface area (Å²) >= 11 is 0. The Kier molecular flexibility index (Phi) is 7.07. The van der Waals surface area contributed by atoms with E-state index in [1.165, 1.54) is 25.6 Å². The number of hydrogen-bond acceptors (Lipinski definition) is 8. The largest absolute Gasteiger partial charge is 0.486 e. The Labute approximate surface area is 213 Å². The first-order chi connectivity index (χ1) is 18.0. The van der Waals surface area contributed by atoms with E-state index in [-0.39, 0.29) is 18.0 Å². The van der Waals surface area contributed by atoms with Gasteiger partial charge in [-0.15, -0.1) is 0 Å². The molecule has 0 bridgehead atoms. The molecule has 3 heterocycles. The van der Waals surface area contributed by atoms with E-state index in [1.54, 1.807) is 17.0 Å². The third-order valence-corrected chi connectivity index (χ3v) is 6.28. The van der Waals surface area contributed by atoms with Crippen LogP contribution < -0.4 is 10.1 Å². The highest BCUT2D eigenvalue weighted by Gasteiger charge is 2.26. The van der Waals surface area contributed by atoms with Crippen LogP contribution >= 0.6 is 0 Å². The smallest absolute Gasteiger partial charge is 0.409 e. The summed E-state index contributed by atoms with van der Waals surface area (Å²) in [7, 11) is 1.38. The lowest BCUT2D eigenvalue weighted by Gasteiger charge is -2.32. The van der Waals surface area contributed by atoms with Crippen molar-refractivity contribution in [1.82, 2.24) is 25.1 Å². The molecule has 1 aliphatic heterocycles. The van der Waals surface area contributed by atoms with Gasteiger partial charge < -0.3 is 19.7 Å². The van der Waals surface area contributed by atoms with Gasteiger partial charge in [0.25, 0.3) is 0 Å². The van der Waals surface area contributed by atoms with Crippen LogP contribution in [0.15, 0.2) is 54.9 Å². The Hall–Kier alpha value is -4.34. The van der Waals surface area contributed by atoms with E-state index >= 15 is 0 Å². The predicted octanol–water partition coefficient (Wildman–Crippen LogP) is 4.76. The van der Waals surface area contributed by atoms with E-state index in [1.807, 2.05) is 31.2 Å². The fraction of sp³-hybridized carbons (Fsp3) is 0.296. The lowest BCUT2D eigenvalue weighted by Crippen LogP contribution is -2.44. The first kappa shape index (κ1) is 24.4. The molecule has 190 valence electrons. The van der Waals surface area contributed by atoms with Crippen LogP contribution in [-0.4, -0.2) is 57.5 Å². The number of nitrogens with zero attached hydrogens (tertiary/aromatic N) is 5. The number of rotatable bonds is 6. The molecule has 9 nitrogen and oxygen atoms in total. The molecule has 0 spiro atoms. The topological polar surface area (TPSA) is 102 Å². The summed E-state index contributed by atoms with van der Waals surface area (Å²) in [5.74, 6) is 0.867. The third-order valence-electron chi connectivity index (χ3n) is 6.28. The first-order valence-electron chi connectivity index (χ1n) is 12.1. The minimum Gasteiger partial charge on any atom is -0.486 e. The molecular formula is C27H27FN6O3. The molecule has 1 fully saturated rings. The number of fused-ring (bicyclic) bond motifs is 1. The van der Waals surface area contributed by atoms with Gasteiger partial charge in [0, 0.05) is 11.9 Å². The number of halogens is 1. The summed E-state index contributed by atoms with van der Waals surface area (Å²) in [5, 5.41) is 12.4. The van der Waals surface area contributed by atoms with E-state index in [0.717, 1.165) is 40.7 Å². The number of methoxy groups -OCH3 is 1. The molecular weight excluding hydrogens is 475 g/mol. The van der Waals surface area contributed by atoms with Gasteiger partial charge in [0.15, 0.2) is 0 Å². The molecule has 1 N–H and O–H groups in total. The van der Waals surface area contributed by atoms with Gasteiger partial charge >= 0.3 is 6.09 Å². The SMILES string of the molecule is COC(=O)N1CCCC(Oc2cc(-c3ccc(F)cc3)cc3c(NCc4ccc(C)nn4)ncnc23)C1. The maximum Gasteiger partial charge on any atom is 0.409 e. The van der Waals surface area contributed by atoms with Crippen LogP contribution in [0.3, 0.4) is 0 Å². The molecule has 2 aromatic heterocycles. The van der Waals surface area contributed by atoms with Gasteiger partial charge in [0.05, 0.1) is 31.6 Å². The number of hydrogen-bond donors (Lipinski definition) is 1. The Bertz CT molecular complexity index is 1400. The fourth-order valence-corrected chi connectivity index (χ4v) is 4.38. The molecule has 1 amide bonds. The average Bonchev–Trinajstić information content (AvgIpc) is 2.93. The van der Waals surface area contributed by atoms with E-state index in [2.05, 4.69) is 25.5 Å². The third kappa shape index (κ3) is 5.58. The van der Waals surface area contributed by atoms with Crippen molar-refractivity contribution in [2.45, 2.75) is 32.4 Å². The zero-order chi connectivity index (χ0) is 25.8. The number of aromatic nitrogens is 4. The molecule has 1 aliphatic rings. The summed E-state index contributed by atoms with van der Waals surface area (Å²) in [6.45, 7) is 3.35. The maximum atomic E-state index is 13.6. The molecule has 10 heteroatoms. The van der Waals surface area contributed by atoms with Crippen molar-refractivity contribution in [3.8, 4) is 16.9 Å². The highest BCUT2D eigenvalue weighted by molar-refractivity contribution is 5.96. The summed E-state index contributed by atoms with van der Waals surface area (Å²) in [5.41, 5.74) is 3.90. The van der Waals surface area contributed by atoms with Crippen molar-refractivity contribution in [2.24, 2.45) is 0 Å². The minimum absolute atomic E-state index is 0.228. The number of benzene rings is 2. The van der Waals surface area contributed by atoms with E-state index in [4.69, 9.17) is 9.47 Å². The van der Waals surface area contributed by atoms with Gasteiger partial charge in [-0.25, -0.2) is 19.2 Å². The van der Waals surface area contributed by atoms with Crippen LogP contribution in [0.5, 0.6) is 5.75 Å². The number of nitrogens with one attached hydrogen (secondary N) is 1. The van der Waals surface area contributed by atoms with Gasteiger partial charge in [-0.1, -0.05) is 12.1 Å². The van der Waals surface area contributed by atoms with Crippen molar-refractivity contribution in [3.63, 3.8) is 0 Å². The minimum atomic E-state index is -0.369. The maximum absolute atomic E-state index is 13.6. The number of likely N-dealkylation sites (tertiary alicyclic amines) is 1. The lowest BCUT2D eigenvalue weighted by atomic mass is 10.0. The molecule has 5 rings (SSSR count). The zero-order valence-corrected chi connectivity index (χ0v) is 20.6. The number of ether oxygens (including phenoxy) is 2. The molecule has 0 radical (unpaired) electrons.